The molecule has 4 nitrogen and oxygen atoms in total. The maximum absolute atomic E-state index is 9.42. The molecular formula is C13H21N3O. The summed E-state index contributed by atoms with van der Waals surface area (Å²) in [5.74, 6) is 0.277. The van der Waals surface area contributed by atoms with E-state index in [1.807, 2.05) is 0 Å². The molecule has 0 spiro atoms. The van der Waals surface area contributed by atoms with E-state index in [-0.39, 0.29) is 5.75 Å². The van der Waals surface area contributed by atoms with Crippen molar-refractivity contribution in [1.29, 1.82) is 0 Å². The van der Waals surface area contributed by atoms with Crippen LogP contribution in [-0.4, -0.2) is 36.2 Å². The fourth-order valence-corrected chi connectivity index (χ4v) is 2.21. The molecule has 94 valence electrons. The van der Waals surface area contributed by atoms with Gasteiger partial charge in [-0.2, -0.15) is 0 Å². The number of nitrogens with two attached hydrogens (primary N) is 1. The van der Waals surface area contributed by atoms with Crippen LogP contribution in [0.5, 0.6) is 5.75 Å². The first-order chi connectivity index (χ1) is 8.15. The topological polar surface area (TPSA) is 61.5 Å². The Hall–Kier alpha value is -1.26. The lowest BCUT2D eigenvalue weighted by Gasteiger charge is -2.29. The smallest absolute Gasteiger partial charge is 0.116 e. The molecule has 0 aliphatic carbocycles. The van der Waals surface area contributed by atoms with E-state index in [1.165, 1.54) is 12.8 Å². The number of phenols is 1. The highest BCUT2D eigenvalue weighted by Crippen LogP contribution is 2.19. The fourth-order valence-electron chi connectivity index (χ4n) is 2.21. The summed E-state index contributed by atoms with van der Waals surface area (Å²) < 4.78 is 0. The van der Waals surface area contributed by atoms with Crippen molar-refractivity contribution in [2.45, 2.75) is 25.4 Å². The van der Waals surface area contributed by atoms with Gasteiger partial charge in [-0.25, -0.2) is 0 Å². The van der Waals surface area contributed by atoms with Gasteiger partial charge in [-0.1, -0.05) is 0 Å². The van der Waals surface area contributed by atoms with Crippen molar-refractivity contribution in [3.05, 3.63) is 23.8 Å². The van der Waals surface area contributed by atoms with E-state index in [1.54, 1.807) is 18.2 Å². The molecule has 1 fully saturated rings. The molecule has 0 atom stereocenters. The molecule has 1 aliphatic rings. The summed E-state index contributed by atoms with van der Waals surface area (Å²) in [5.41, 5.74) is 7.58. The van der Waals surface area contributed by atoms with Crippen LogP contribution in [0.2, 0.25) is 0 Å². The SMILES string of the molecule is CN1CCC(NCc2cc(O)ccc2N)CC1. The Balaban J connectivity index is 1.87. The third-order valence-electron chi connectivity index (χ3n) is 3.43. The van der Waals surface area contributed by atoms with Crippen molar-refractivity contribution in [3.8, 4) is 5.75 Å². The van der Waals surface area contributed by atoms with Gasteiger partial charge in [0, 0.05) is 18.3 Å². The summed E-state index contributed by atoms with van der Waals surface area (Å²) in [7, 11) is 2.16. The number of hydrogen-bond donors (Lipinski definition) is 3. The van der Waals surface area contributed by atoms with E-state index in [2.05, 4.69) is 17.3 Å². The molecule has 0 aromatic heterocycles. The van der Waals surface area contributed by atoms with Crippen LogP contribution in [0.4, 0.5) is 5.69 Å². The third-order valence-corrected chi connectivity index (χ3v) is 3.43. The number of nitrogens with zero attached hydrogens (tertiary/aromatic N) is 1. The molecular weight excluding hydrogens is 214 g/mol. The van der Waals surface area contributed by atoms with Gasteiger partial charge in [0.2, 0.25) is 0 Å². The number of benzene rings is 1. The van der Waals surface area contributed by atoms with Crippen LogP contribution >= 0.6 is 0 Å². The average Bonchev–Trinajstić information content (AvgIpc) is 2.32. The summed E-state index contributed by atoms with van der Waals surface area (Å²) in [5, 5.41) is 12.9. The van der Waals surface area contributed by atoms with Gasteiger partial charge in [0.05, 0.1) is 0 Å². The lowest BCUT2D eigenvalue weighted by Crippen LogP contribution is -2.40. The highest BCUT2D eigenvalue weighted by molar-refractivity contribution is 5.50. The summed E-state index contributed by atoms with van der Waals surface area (Å²) in [6.07, 6.45) is 2.35. The number of hydrogen-bond acceptors (Lipinski definition) is 4. The Kier molecular flexibility index (Phi) is 3.86. The molecule has 0 bridgehead atoms. The van der Waals surface area contributed by atoms with Gasteiger partial charge in [0.25, 0.3) is 0 Å². The van der Waals surface area contributed by atoms with Crippen LogP contribution in [0.1, 0.15) is 18.4 Å². The zero-order valence-corrected chi connectivity index (χ0v) is 10.3. The number of piperidine rings is 1. The molecule has 1 heterocycles. The minimum Gasteiger partial charge on any atom is -0.508 e. The minimum absolute atomic E-state index is 0.277. The van der Waals surface area contributed by atoms with Gasteiger partial charge >= 0.3 is 0 Å². The molecule has 4 heteroatoms. The van der Waals surface area contributed by atoms with E-state index in [4.69, 9.17) is 5.73 Å². The molecule has 0 radical (unpaired) electrons. The molecule has 1 aliphatic heterocycles. The van der Waals surface area contributed by atoms with Crippen molar-refractivity contribution in [1.82, 2.24) is 10.2 Å². The number of phenolic OH excluding ortho intramolecular Hbond substituents is 1. The summed E-state index contributed by atoms with van der Waals surface area (Å²) >= 11 is 0. The lowest BCUT2D eigenvalue weighted by molar-refractivity contribution is 0.234. The van der Waals surface area contributed by atoms with Crippen LogP contribution in [0, 0.1) is 0 Å². The van der Waals surface area contributed by atoms with Crippen LogP contribution in [-0.2, 0) is 6.54 Å². The van der Waals surface area contributed by atoms with Crippen molar-refractivity contribution >= 4 is 5.69 Å². The van der Waals surface area contributed by atoms with Crippen LogP contribution in [0.3, 0.4) is 0 Å². The Morgan fingerprint density at radius 3 is 2.82 bits per heavy atom. The monoisotopic (exact) mass is 235 g/mol. The zero-order chi connectivity index (χ0) is 12.3. The largest absolute Gasteiger partial charge is 0.508 e. The first-order valence-electron chi connectivity index (χ1n) is 6.14. The second-order valence-electron chi connectivity index (χ2n) is 4.84. The summed E-state index contributed by atoms with van der Waals surface area (Å²) in [4.78, 5) is 2.35. The average molecular weight is 235 g/mol. The second-order valence-corrected chi connectivity index (χ2v) is 4.84. The molecule has 2 rings (SSSR count). The van der Waals surface area contributed by atoms with Crippen LogP contribution < -0.4 is 11.1 Å². The standard InChI is InChI=1S/C13H21N3O/c1-16-6-4-11(5-7-16)15-9-10-8-12(17)2-3-13(10)14/h2-3,8,11,15,17H,4-7,9,14H2,1H3. The predicted molar refractivity (Wildman–Crippen MR) is 69.9 cm³/mol. The Morgan fingerprint density at radius 2 is 2.12 bits per heavy atom. The Labute approximate surface area is 102 Å². The molecule has 1 aromatic carbocycles. The quantitative estimate of drug-likeness (QED) is 0.543. The van der Waals surface area contributed by atoms with Gasteiger partial charge in [-0.15, -0.1) is 0 Å². The van der Waals surface area contributed by atoms with E-state index < -0.39 is 0 Å². The highest BCUT2D eigenvalue weighted by Gasteiger charge is 2.16. The minimum atomic E-state index is 0.277. The summed E-state index contributed by atoms with van der Waals surface area (Å²) in [6.45, 7) is 3.02. The van der Waals surface area contributed by atoms with Crippen LogP contribution in [0.25, 0.3) is 0 Å². The summed E-state index contributed by atoms with van der Waals surface area (Å²) in [6, 6.07) is 5.67. The van der Waals surface area contributed by atoms with Crippen molar-refractivity contribution in [2.24, 2.45) is 0 Å². The first kappa shape index (κ1) is 12.2. The van der Waals surface area contributed by atoms with E-state index in [9.17, 15) is 5.11 Å². The van der Waals surface area contributed by atoms with Gasteiger partial charge in [0.15, 0.2) is 0 Å². The number of likely N-dealkylation sites (tertiary alicyclic amines) is 1. The number of aromatic hydroxyl groups is 1. The molecule has 1 saturated heterocycles. The maximum atomic E-state index is 9.42. The predicted octanol–water partition coefficient (Wildman–Crippen LogP) is 1.16. The first-order valence-corrected chi connectivity index (χ1v) is 6.14. The second kappa shape index (κ2) is 5.38. The maximum Gasteiger partial charge on any atom is 0.116 e. The van der Waals surface area contributed by atoms with Gasteiger partial charge in [-0.05, 0) is 56.7 Å². The van der Waals surface area contributed by atoms with Gasteiger partial charge < -0.3 is 21.1 Å². The van der Waals surface area contributed by atoms with Gasteiger partial charge in [0.1, 0.15) is 5.75 Å². The Morgan fingerprint density at radius 1 is 1.41 bits per heavy atom. The zero-order valence-electron chi connectivity index (χ0n) is 10.3. The molecule has 0 saturated carbocycles. The number of rotatable bonds is 3. The lowest BCUT2D eigenvalue weighted by atomic mass is 10.0. The van der Waals surface area contributed by atoms with Crippen molar-refractivity contribution in [3.63, 3.8) is 0 Å². The fraction of sp³-hybridized carbons (Fsp3) is 0.538. The van der Waals surface area contributed by atoms with Gasteiger partial charge in [-0.3, -0.25) is 0 Å². The van der Waals surface area contributed by atoms with E-state index in [0.717, 1.165) is 30.9 Å². The van der Waals surface area contributed by atoms with Crippen LogP contribution in [0.15, 0.2) is 18.2 Å². The van der Waals surface area contributed by atoms with E-state index >= 15 is 0 Å². The highest BCUT2D eigenvalue weighted by atomic mass is 16.3. The van der Waals surface area contributed by atoms with Crippen molar-refractivity contribution in [2.75, 3.05) is 25.9 Å². The third kappa shape index (κ3) is 3.35. The molecule has 4 N–H and O–H groups in total. The number of nitrogen functional groups attached to an aromatic ring is 1. The van der Waals surface area contributed by atoms with Crippen molar-refractivity contribution < 1.29 is 5.11 Å². The molecule has 0 unspecified atom stereocenters. The normalized spacial score (nSPS) is 18.4. The van der Waals surface area contributed by atoms with E-state index in [0.29, 0.717) is 6.04 Å². The number of anilines is 1. The number of nitrogens with one attached hydrogen (secondary N) is 1. The molecule has 17 heavy (non-hydrogen) atoms. The molecule has 1 aromatic rings. The molecule has 0 amide bonds. The Bertz CT molecular complexity index is 373.